The Morgan fingerprint density at radius 3 is 2.40 bits per heavy atom. The van der Waals surface area contributed by atoms with Crippen LogP contribution in [0.2, 0.25) is 0 Å². The van der Waals surface area contributed by atoms with Crippen molar-refractivity contribution in [3.05, 3.63) is 71.8 Å². The van der Waals surface area contributed by atoms with Gasteiger partial charge in [-0.2, -0.15) is 0 Å². The third kappa shape index (κ3) is 4.85. The van der Waals surface area contributed by atoms with Gasteiger partial charge in [0.2, 0.25) is 11.8 Å². The normalized spacial score (nSPS) is 24.3. The van der Waals surface area contributed by atoms with Gasteiger partial charge < -0.3 is 15.1 Å². The first-order valence-electron chi connectivity index (χ1n) is 10.5. The minimum absolute atomic E-state index is 0. The van der Waals surface area contributed by atoms with Crippen LogP contribution in [0, 0.1) is 5.92 Å². The quantitative estimate of drug-likeness (QED) is 0.813. The summed E-state index contributed by atoms with van der Waals surface area (Å²) in [5.74, 6) is 0.0994. The van der Waals surface area contributed by atoms with E-state index in [1.54, 1.807) is 0 Å². The van der Waals surface area contributed by atoms with Crippen LogP contribution in [-0.2, 0) is 16.1 Å². The van der Waals surface area contributed by atoms with Crippen molar-refractivity contribution >= 4 is 24.2 Å². The number of carbonyl (C=O) groups excluding carboxylic acids is 2. The number of piperazine rings is 1. The van der Waals surface area contributed by atoms with E-state index in [1.165, 1.54) is 0 Å². The fourth-order valence-electron chi connectivity index (χ4n) is 4.61. The Labute approximate surface area is 184 Å². The van der Waals surface area contributed by atoms with Gasteiger partial charge >= 0.3 is 0 Å². The monoisotopic (exact) mass is 427 g/mol. The number of likely N-dealkylation sites (tertiary alicyclic amines) is 1. The number of benzene rings is 2. The molecule has 0 bridgehead atoms. The molecule has 2 aromatic rings. The maximum atomic E-state index is 13.5. The molecular formula is C24H30ClN3O2. The maximum absolute atomic E-state index is 13.5. The number of carbonyl (C=O) groups is 2. The van der Waals surface area contributed by atoms with Crippen molar-refractivity contribution in [1.82, 2.24) is 15.1 Å². The number of piperidine rings is 1. The highest BCUT2D eigenvalue weighted by Gasteiger charge is 2.42. The molecule has 160 valence electrons. The van der Waals surface area contributed by atoms with E-state index in [0.717, 1.165) is 30.8 Å². The molecule has 2 saturated heterocycles. The molecule has 3 atom stereocenters. The van der Waals surface area contributed by atoms with Crippen LogP contribution in [0.1, 0.15) is 36.9 Å². The Balaban J connectivity index is 0.00000256. The second-order valence-corrected chi connectivity index (χ2v) is 8.15. The molecule has 5 nitrogen and oxygen atoms in total. The van der Waals surface area contributed by atoms with Crippen LogP contribution in [0.5, 0.6) is 0 Å². The van der Waals surface area contributed by atoms with Crippen molar-refractivity contribution in [3.8, 4) is 0 Å². The van der Waals surface area contributed by atoms with Crippen LogP contribution in [0.15, 0.2) is 60.7 Å². The van der Waals surface area contributed by atoms with Crippen molar-refractivity contribution in [2.45, 2.75) is 38.4 Å². The van der Waals surface area contributed by atoms with Gasteiger partial charge in [0.1, 0.15) is 0 Å². The summed E-state index contributed by atoms with van der Waals surface area (Å²) in [6.45, 7) is 4.92. The largest absolute Gasteiger partial charge is 0.340 e. The molecule has 2 amide bonds. The minimum atomic E-state index is -0.227. The summed E-state index contributed by atoms with van der Waals surface area (Å²) in [4.78, 5) is 30.4. The van der Waals surface area contributed by atoms with E-state index in [2.05, 4.69) is 12.2 Å². The molecule has 0 aromatic heterocycles. The molecule has 2 aromatic carbocycles. The van der Waals surface area contributed by atoms with Crippen molar-refractivity contribution in [2.24, 2.45) is 5.92 Å². The van der Waals surface area contributed by atoms with Gasteiger partial charge in [-0.05, 0) is 24.5 Å². The number of rotatable bonds is 4. The highest BCUT2D eigenvalue weighted by atomic mass is 35.5. The van der Waals surface area contributed by atoms with Crippen LogP contribution in [0.3, 0.4) is 0 Å². The average molecular weight is 428 g/mol. The first kappa shape index (κ1) is 22.3. The molecule has 30 heavy (non-hydrogen) atoms. The van der Waals surface area contributed by atoms with E-state index < -0.39 is 0 Å². The van der Waals surface area contributed by atoms with E-state index in [-0.39, 0.29) is 36.2 Å². The minimum Gasteiger partial charge on any atom is -0.340 e. The lowest BCUT2D eigenvalue weighted by Gasteiger charge is -2.43. The van der Waals surface area contributed by atoms with Gasteiger partial charge in [0.05, 0.1) is 12.0 Å². The molecule has 2 heterocycles. The Morgan fingerprint density at radius 2 is 1.73 bits per heavy atom. The smallest absolute Gasteiger partial charge is 0.228 e. The van der Waals surface area contributed by atoms with Gasteiger partial charge in [0.25, 0.3) is 0 Å². The molecule has 3 unspecified atom stereocenters. The molecule has 2 fully saturated rings. The van der Waals surface area contributed by atoms with Gasteiger partial charge in [-0.3, -0.25) is 9.59 Å². The molecule has 1 N–H and O–H groups in total. The number of amides is 2. The molecule has 6 heteroatoms. The third-order valence-electron chi connectivity index (χ3n) is 6.04. The molecule has 2 aliphatic rings. The SMILES string of the molecule is CC1CN(C(=O)C2CCC(=O)N(Cc3ccccc3)C2c2ccccc2)CCN1.Cl. The average Bonchev–Trinajstić information content (AvgIpc) is 2.76. The third-order valence-corrected chi connectivity index (χ3v) is 6.04. The Morgan fingerprint density at radius 1 is 1.07 bits per heavy atom. The zero-order valence-electron chi connectivity index (χ0n) is 17.4. The van der Waals surface area contributed by atoms with Crippen LogP contribution in [0.25, 0.3) is 0 Å². The van der Waals surface area contributed by atoms with Crippen LogP contribution in [-0.4, -0.2) is 47.3 Å². The molecule has 0 aliphatic carbocycles. The maximum Gasteiger partial charge on any atom is 0.228 e. The van der Waals surface area contributed by atoms with Crippen molar-refractivity contribution in [3.63, 3.8) is 0 Å². The van der Waals surface area contributed by atoms with Gasteiger partial charge in [-0.1, -0.05) is 60.7 Å². The van der Waals surface area contributed by atoms with E-state index >= 15 is 0 Å². The predicted octanol–water partition coefficient (Wildman–Crippen LogP) is 3.41. The summed E-state index contributed by atoms with van der Waals surface area (Å²) in [5.41, 5.74) is 2.13. The highest BCUT2D eigenvalue weighted by Crippen LogP contribution is 2.39. The van der Waals surface area contributed by atoms with Crippen LogP contribution < -0.4 is 5.32 Å². The summed E-state index contributed by atoms with van der Waals surface area (Å²) < 4.78 is 0. The molecule has 0 radical (unpaired) electrons. The first-order chi connectivity index (χ1) is 14.1. The zero-order chi connectivity index (χ0) is 20.2. The summed E-state index contributed by atoms with van der Waals surface area (Å²) in [6, 6.07) is 20.2. The zero-order valence-corrected chi connectivity index (χ0v) is 18.2. The molecule has 0 spiro atoms. The molecular weight excluding hydrogens is 398 g/mol. The van der Waals surface area contributed by atoms with E-state index in [4.69, 9.17) is 0 Å². The summed E-state index contributed by atoms with van der Waals surface area (Å²) in [6.07, 6.45) is 1.04. The lowest BCUT2D eigenvalue weighted by Crippen LogP contribution is -2.55. The van der Waals surface area contributed by atoms with E-state index in [9.17, 15) is 9.59 Å². The standard InChI is InChI=1S/C24H29N3O2.ClH/c1-18-16-26(15-14-25-18)24(29)21-12-13-22(28)27(17-19-8-4-2-5-9-19)23(21)20-10-6-3-7-11-20;/h2-11,18,21,23,25H,12-17H2,1H3;1H. The molecule has 2 aliphatic heterocycles. The topological polar surface area (TPSA) is 52.7 Å². The van der Waals surface area contributed by atoms with Crippen LogP contribution >= 0.6 is 12.4 Å². The van der Waals surface area contributed by atoms with Gasteiger partial charge in [-0.15, -0.1) is 12.4 Å². The van der Waals surface area contributed by atoms with E-state index in [0.29, 0.717) is 25.4 Å². The van der Waals surface area contributed by atoms with Crippen molar-refractivity contribution in [1.29, 1.82) is 0 Å². The molecule has 4 rings (SSSR count). The molecule has 0 saturated carbocycles. The number of hydrogen-bond donors (Lipinski definition) is 1. The highest BCUT2D eigenvalue weighted by molar-refractivity contribution is 5.85. The second-order valence-electron chi connectivity index (χ2n) is 8.15. The fourth-order valence-corrected chi connectivity index (χ4v) is 4.61. The predicted molar refractivity (Wildman–Crippen MR) is 120 cm³/mol. The van der Waals surface area contributed by atoms with Gasteiger partial charge in [0.15, 0.2) is 0 Å². The van der Waals surface area contributed by atoms with Gasteiger partial charge in [0, 0.05) is 38.6 Å². The van der Waals surface area contributed by atoms with Crippen molar-refractivity contribution in [2.75, 3.05) is 19.6 Å². The van der Waals surface area contributed by atoms with Gasteiger partial charge in [-0.25, -0.2) is 0 Å². The second kappa shape index (κ2) is 10.1. The number of nitrogens with zero attached hydrogens (tertiary/aromatic N) is 2. The Kier molecular flexibility index (Phi) is 7.51. The lowest BCUT2D eigenvalue weighted by atomic mass is 9.82. The lowest BCUT2D eigenvalue weighted by molar-refractivity contribution is -0.149. The number of nitrogens with one attached hydrogen (secondary N) is 1. The summed E-state index contributed by atoms with van der Waals surface area (Å²) >= 11 is 0. The first-order valence-corrected chi connectivity index (χ1v) is 10.5. The fraction of sp³-hybridized carbons (Fsp3) is 0.417. The summed E-state index contributed by atoms with van der Waals surface area (Å²) in [7, 11) is 0. The number of halogens is 1. The Bertz CT molecular complexity index is 846. The number of hydrogen-bond acceptors (Lipinski definition) is 3. The Hall–Kier alpha value is -2.37. The van der Waals surface area contributed by atoms with Crippen LogP contribution in [0.4, 0.5) is 0 Å². The summed E-state index contributed by atoms with van der Waals surface area (Å²) in [5, 5.41) is 3.40. The van der Waals surface area contributed by atoms with Crippen molar-refractivity contribution < 1.29 is 9.59 Å². The van der Waals surface area contributed by atoms with E-state index in [1.807, 2.05) is 70.5 Å².